The second-order valence-corrected chi connectivity index (χ2v) is 5.10. The maximum absolute atomic E-state index is 9.18. The monoisotopic (exact) mass is 273 g/mol. The average molecular weight is 274 g/mol. The summed E-state index contributed by atoms with van der Waals surface area (Å²) in [7, 11) is 0. The first kappa shape index (κ1) is 15.5. The Morgan fingerprint density at radius 1 is 1.50 bits per heavy atom. The molecule has 1 unspecified atom stereocenters. The van der Waals surface area contributed by atoms with Crippen molar-refractivity contribution in [2.75, 3.05) is 6.54 Å². The molecule has 0 fully saturated rings. The van der Waals surface area contributed by atoms with Crippen molar-refractivity contribution < 1.29 is 5.11 Å². The maximum atomic E-state index is 9.18. The molecule has 0 bridgehead atoms. The molecule has 4 nitrogen and oxygen atoms in total. The predicted molar refractivity (Wildman–Crippen MR) is 74.9 cm³/mol. The highest BCUT2D eigenvalue weighted by Crippen LogP contribution is 2.20. The number of aliphatic hydroxyl groups is 1. The van der Waals surface area contributed by atoms with Crippen molar-refractivity contribution in [2.24, 2.45) is 0 Å². The van der Waals surface area contributed by atoms with E-state index < -0.39 is 0 Å². The van der Waals surface area contributed by atoms with E-state index in [9.17, 15) is 5.11 Å². The molecule has 0 saturated heterocycles. The quantitative estimate of drug-likeness (QED) is 0.716. The molecule has 1 heterocycles. The fourth-order valence-electron chi connectivity index (χ4n) is 1.77. The van der Waals surface area contributed by atoms with E-state index in [0.717, 1.165) is 48.8 Å². The first-order valence-electron chi connectivity index (χ1n) is 6.66. The normalized spacial score (nSPS) is 12.9. The molecule has 0 aliphatic rings. The minimum absolute atomic E-state index is 0.263. The van der Waals surface area contributed by atoms with Gasteiger partial charge in [-0.1, -0.05) is 24.9 Å². The fraction of sp³-hybridized carbons (Fsp3) is 0.769. The summed E-state index contributed by atoms with van der Waals surface area (Å²) in [5, 5.41) is 17.7. The molecule has 0 spiro atoms. The lowest BCUT2D eigenvalue weighted by molar-refractivity contribution is 0.183. The Bertz CT molecular complexity index is 363. The number of nitrogens with zero attached hydrogens (tertiary/aromatic N) is 2. The van der Waals surface area contributed by atoms with E-state index in [-0.39, 0.29) is 6.10 Å². The summed E-state index contributed by atoms with van der Waals surface area (Å²) in [6.45, 7) is 8.31. The van der Waals surface area contributed by atoms with Crippen molar-refractivity contribution in [3.63, 3.8) is 0 Å². The summed E-state index contributed by atoms with van der Waals surface area (Å²) < 4.78 is 1.88. The maximum Gasteiger partial charge on any atom is 0.131 e. The zero-order chi connectivity index (χ0) is 13.5. The molecule has 0 aliphatic heterocycles. The smallest absolute Gasteiger partial charge is 0.131 e. The summed E-state index contributed by atoms with van der Waals surface area (Å²) in [6, 6.07) is 0. The van der Waals surface area contributed by atoms with Crippen LogP contribution >= 0.6 is 11.6 Å². The van der Waals surface area contributed by atoms with E-state index >= 15 is 0 Å². The molecule has 0 radical (unpaired) electrons. The second-order valence-electron chi connectivity index (χ2n) is 4.75. The molecule has 2 N–H and O–H groups in total. The number of aryl methyl sites for hydroxylation is 2. The molecule has 1 atom stereocenters. The van der Waals surface area contributed by atoms with Gasteiger partial charge >= 0.3 is 0 Å². The zero-order valence-electron chi connectivity index (χ0n) is 11.5. The molecule has 1 aromatic heterocycles. The third-order valence-corrected chi connectivity index (χ3v) is 3.37. The molecule has 18 heavy (non-hydrogen) atoms. The first-order valence-corrected chi connectivity index (χ1v) is 7.04. The third kappa shape index (κ3) is 4.59. The Hall–Kier alpha value is -0.580. The van der Waals surface area contributed by atoms with Gasteiger partial charge in [0.05, 0.1) is 11.8 Å². The minimum Gasteiger partial charge on any atom is -0.393 e. The highest BCUT2D eigenvalue weighted by molar-refractivity contribution is 6.30. The van der Waals surface area contributed by atoms with Crippen LogP contribution in [0, 0.1) is 6.92 Å². The number of halogens is 1. The van der Waals surface area contributed by atoms with Crippen LogP contribution in [0.5, 0.6) is 0 Å². The molecule has 0 aliphatic carbocycles. The van der Waals surface area contributed by atoms with Crippen molar-refractivity contribution in [3.8, 4) is 0 Å². The molecule has 0 aromatic carbocycles. The predicted octanol–water partition coefficient (Wildman–Crippen LogP) is 2.51. The van der Waals surface area contributed by atoms with Gasteiger partial charge in [-0.15, -0.1) is 0 Å². The van der Waals surface area contributed by atoms with Gasteiger partial charge in [0.1, 0.15) is 5.15 Å². The van der Waals surface area contributed by atoms with Gasteiger partial charge in [-0.3, -0.25) is 4.68 Å². The number of hydrogen-bond donors (Lipinski definition) is 2. The van der Waals surface area contributed by atoms with Gasteiger partial charge in [0.15, 0.2) is 0 Å². The highest BCUT2D eigenvalue weighted by atomic mass is 35.5. The second kappa shape index (κ2) is 7.77. The van der Waals surface area contributed by atoms with Gasteiger partial charge in [-0.2, -0.15) is 5.10 Å². The summed E-state index contributed by atoms with van der Waals surface area (Å²) in [5.41, 5.74) is 2.05. The van der Waals surface area contributed by atoms with E-state index in [1.165, 1.54) is 0 Å². The molecule has 0 amide bonds. The van der Waals surface area contributed by atoms with Gasteiger partial charge in [0, 0.05) is 18.7 Å². The lowest BCUT2D eigenvalue weighted by atomic mass is 10.2. The number of unbranched alkanes of at least 4 members (excludes halogenated alkanes) is 1. The summed E-state index contributed by atoms with van der Waals surface area (Å²) in [4.78, 5) is 0. The molecule has 0 saturated carbocycles. The van der Waals surface area contributed by atoms with Crippen molar-refractivity contribution in [3.05, 3.63) is 16.4 Å². The molecule has 104 valence electrons. The van der Waals surface area contributed by atoms with E-state index in [4.69, 9.17) is 11.6 Å². The number of aliphatic hydroxyl groups excluding tert-OH is 1. The van der Waals surface area contributed by atoms with E-state index in [1.807, 2.05) is 11.6 Å². The van der Waals surface area contributed by atoms with Crippen LogP contribution in [0.15, 0.2) is 0 Å². The summed E-state index contributed by atoms with van der Waals surface area (Å²) in [5.74, 6) is 0. The lowest BCUT2D eigenvalue weighted by Gasteiger charge is -2.06. The van der Waals surface area contributed by atoms with Gasteiger partial charge in [-0.05, 0) is 33.2 Å². The van der Waals surface area contributed by atoms with E-state index in [0.29, 0.717) is 6.54 Å². The Kier molecular flexibility index (Phi) is 6.68. The van der Waals surface area contributed by atoms with Crippen LogP contribution < -0.4 is 5.32 Å². The van der Waals surface area contributed by atoms with Gasteiger partial charge in [-0.25, -0.2) is 0 Å². The van der Waals surface area contributed by atoms with Crippen molar-refractivity contribution in [2.45, 2.75) is 59.2 Å². The highest BCUT2D eigenvalue weighted by Gasteiger charge is 2.12. The van der Waals surface area contributed by atoms with Crippen molar-refractivity contribution in [1.82, 2.24) is 15.1 Å². The van der Waals surface area contributed by atoms with Crippen molar-refractivity contribution >= 4 is 11.6 Å². The van der Waals surface area contributed by atoms with Crippen LogP contribution in [0.3, 0.4) is 0 Å². The van der Waals surface area contributed by atoms with Crippen LogP contribution in [0.2, 0.25) is 5.15 Å². The Morgan fingerprint density at radius 3 is 2.83 bits per heavy atom. The SMILES string of the molecule is CCCCn1nc(C)c(CNCCC(C)O)c1Cl. The zero-order valence-corrected chi connectivity index (χ0v) is 12.3. The Morgan fingerprint density at radius 2 is 2.22 bits per heavy atom. The van der Waals surface area contributed by atoms with E-state index in [1.54, 1.807) is 6.92 Å². The number of nitrogens with one attached hydrogen (secondary N) is 1. The average Bonchev–Trinajstić information content (AvgIpc) is 2.58. The summed E-state index contributed by atoms with van der Waals surface area (Å²) >= 11 is 6.32. The lowest BCUT2D eigenvalue weighted by Crippen LogP contribution is -2.19. The molecule has 5 heteroatoms. The first-order chi connectivity index (χ1) is 8.56. The minimum atomic E-state index is -0.263. The molecular formula is C13H24ClN3O. The Labute approximate surface area is 114 Å². The molecule has 1 aromatic rings. The van der Waals surface area contributed by atoms with Crippen LogP contribution in [0.25, 0.3) is 0 Å². The van der Waals surface area contributed by atoms with Gasteiger partial charge in [0.2, 0.25) is 0 Å². The van der Waals surface area contributed by atoms with Crippen LogP contribution in [0.1, 0.15) is 44.4 Å². The number of rotatable bonds is 8. The van der Waals surface area contributed by atoms with Gasteiger partial charge < -0.3 is 10.4 Å². The van der Waals surface area contributed by atoms with Gasteiger partial charge in [0.25, 0.3) is 0 Å². The fourth-order valence-corrected chi connectivity index (χ4v) is 2.10. The standard InChI is InChI=1S/C13H24ClN3O/c1-4-5-8-17-13(14)12(11(3)16-17)9-15-7-6-10(2)18/h10,15,18H,4-9H2,1-3H3. The largest absolute Gasteiger partial charge is 0.393 e. The van der Waals surface area contributed by atoms with Crippen LogP contribution in [-0.4, -0.2) is 27.5 Å². The van der Waals surface area contributed by atoms with E-state index in [2.05, 4.69) is 17.3 Å². The van der Waals surface area contributed by atoms with Crippen LogP contribution in [0.4, 0.5) is 0 Å². The molecular weight excluding hydrogens is 250 g/mol. The Balaban J connectivity index is 2.51. The summed E-state index contributed by atoms with van der Waals surface area (Å²) in [6.07, 6.45) is 2.72. The number of hydrogen-bond acceptors (Lipinski definition) is 3. The number of aromatic nitrogens is 2. The third-order valence-electron chi connectivity index (χ3n) is 2.95. The van der Waals surface area contributed by atoms with Crippen molar-refractivity contribution in [1.29, 1.82) is 0 Å². The molecule has 1 rings (SSSR count). The van der Waals surface area contributed by atoms with Crippen LogP contribution in [-0.2, 0) is 13.1 Å². The topological polar surface area (TPSA) is 50.1 Å².